The van der Waals surface area contributed by atoms with Crippen LogP contribution in [0.5, 0.6) is 5.75 Å². The quantitative estimate of drug-likeness (QED) is 0.777. The molecule has 0 radical (unpaired) electrons. The van der Waals surface area contributed by atoms with E-state index in [1.807, 2.05) is 24.3 Å². The number of benzene rings is 1. The van der Waals surface area contributed by atoms with Crippen molar-refractivity contribution in [3.63, 3.8) is 0 Å². The van der Waals surface area contributed by atoms with Crippen molar-refractivity contribution in [3.8, 4) is 5.75 Å². The van der Waals surface area contributed by atoms with E-state index in [0.717, 1.165) is 11.1 Å². The molecular formula is C16H22O2P+. The molecule has 3 unspecified atom stereocenters. The van der Waals surface area contributed by atoms with Crippen LogP contribution < -0.4 is 10.0 Å². The largest absolute Gasteiger partial charge is 0.497 e. The second kappa shape index (κ2) is 5.63. The lowest BCUT2D eigenvalue weighted by Crippen LogP contribution is -2.19. The average Bonchev–Trinajstić information content (AvgIpc) is 2.71. The predicted molar refractivity (Wildman–Crippen MR) is 78.7 cm³/mol. The van der Waals surface area contributed by atoms with Gasteiger partial charge in [0.05, 0.1) is 7.11 Å². The van der Waals surface area contributed by atoms with E-state index in [2.05, 4.69) is 0 Å². The summed E-state index contributed by atoms with van der Waals surface area (Å²) in [5, 5.41) is 1.01. The molecule has 0 spiro atoms. The minimum atomic E-state index is -1.25. The number of rotatable bonds is 3. The second-order valence-corrected chi connectivity index (χ2v) is 7.66. The van der Waals surface area contributed by atoms with Crippen molar-refractivity contribution in [2.24, 2.45) is 11.8 Å². The molecule has 0 heterocycles. The van der Waals surface area contributed by atoms with Crippen molar-refractivity contribution >= 4 is 13.1 Å². The van der Waals surface area contributed by atoms with Gasteiger partial charge < -0.3 is 4.74 Å². The summed E-state index contributed by atoms with van der Waals surface area (Å²) in [5.74, 6) is 2.26. The summed E-state index contributed by atoms with van der Waals surface area (Å²) < 4.78 is 18.1. The van der Waals surface area contributed by atoms with Crippen LogP contribution in [0.2, 0.25) is 0 Å². The lowest BCUT2D eigenvalue weighted by atomic mass is 10.0. The Morgan fingerprint density at radius 3 is 2.11 bits per heavy atom. The van der Waals surface area contributed by atoms with Crippen LogP contribution in [0, 0.1) is 11.8 Å². The maximum atomic E-state index is 12.9. The Bertz CT molecular complexity index is 440. The molecule has 0 aromatic heterocycles. The van der Waals surface area contributed by atoms with E-state index < -0.39 is 7.80 Å². The van der Waals surface area contributed by atoms with E-state index in [4.69, 9.17) is 4.74 Å². The first-order valence-corrected chi connectivity index (χ1v) is 8.73. The Morgan fingerprint density at radius 1 is 1.00 bits per heavy atom. The zero-order chi connectivity index (χ0) is 13.2. The van der Waals surface area contributed by atoms with Gasteiger partial charge in [0.2, 0.25) is 0 Å². The number of ether oxygens (including phenoxy) is 1. The third-order valence-corrected chi connectivity index (χ3v) is 7.06. The van der Waals surface area contributed by atoms with E-state index in [-0.39, 0.29) is 0 Å². The summed E-state index contributed by atoms with van der Waals surface area (Å²) in [6.45, 7) is 0. The van der Waals surface area contributed by atoms with Gasteiger partial charge in [-0.05, 0) is 49.9 Å². The molecule has 3 rings (SSSR count). The molecular weight excluding hydrogens is 255 g/mol. The number of methoxy groups -OCH3 is 1. The summed E-state index contributed by atoms with van der Waals surface area (Å²) >= 11 is 0. The SMILES string of the molecule is COc1ccc([P+](=O)C2C3CCCCC2CC3)cc1. The topological polar surface area (TPSA) is 26.3 Å². The maximum absolute atomic E-state index is 12.9. The molecule has 1 aromatic carbocycles. The van der Waals surface area contributed by atoms with Crippen LogP contribution in [-0.4, -0.2) is 12.8 Å². The number of hydrogen-bond donors (Lipinski definition) is 0. The highest BCUT2D eigenvalue weighted by molar-refractivity contribution is 7.54. The van der Waals surface area contributed by atoms with Crippen LogP contribution in [0.4, 0.5) is 0 Å². The van der Waals surface area contributed by atoms with Crippen molar-refractivity contribution in [1.82, 2.24) is 0 Å². The van der Waals surface area contributed by atoms with Crippen LogP contribution in [0.1, 0.15) is 38.5 Å². The van der Waals surface area contributed by atoms with Crippen molar-refractivity contribution in [2.45, 2.75) is 44.2 Å². The highest BCUT2D eigenvalue weighted by atomic mass is 31.1. The van der Waals surface area contributed by atoms with Gasteiger partial charge in [0.15, 0.2) is 11.0 Å². The average molecular weight is 277 g/mol. The summed E-state index contributed by atoms with van der Waals surface area (Å²) in [5.41, 5.74) is 0.436. The van der Waals surface area contributed by atoms with Crippen molar-refractivity contribution in [2.75, 3.05) is 7.11 Å². The fraction of sp³-hybridized carbons (Fsp3) is 0.625. The molecule has 2 nitrogen and oxygen atoms in total. The zero-order valence-corrected chi connectivity index (χ0v) is 12.4. The number of hydrogen-bond acceptors (Lipinski definition) is 2. The fourth-order valence-electron chi connectivity index (χ4n) is 3.88. The highest BCUT2D eigenvalue weighted by Crippen LogP contribution is 2.51. The zero-order valence-electron chi connectivity index (χ0n) is 11.5. The monoisotopic (exact) mass is 277 g/mol. The van der Waals surface area contributed by atoms with Crippen molar-refractivity contribution in [3.05, 3.63) is 24.3 Å². The molecule has 2 fully saturated rings. The standard InChI is InChI=1S/C16H22O2P/c1-18-14-8-10-15(11-9-14)19(17)16-12-4-2-3-5-13(16)7-6-12/h8-13,16H,2-7H2,1H3/q+1. The predicted octanol–water partition coefficient (Wildman–Crippen LogP) is 4.12. The Balaban J connectivity index is 1.82. The van der Waals surface area contributed by atoms with Gasteiger partial charge in [-0.3, -0.25) is 0 Å². The second-order valence-electron chi connectivity index (χ2n) is 5.90. The van der Waals surface area contributed by atoms with E-state index in [9.17, 15) is 4.57 Å². The van der Waals surface area contributed by atoms with Gasteiger partial charge in [0.1, 0.15) is 5.75 Å². The van der Waals surface area contributed by atoms with Gasteiger partial charge >= 0.3 is 7.80 Å². The summed E-state index contributed by atoms with van der Waals surface area (Å²) in [6.07, 6.45) is 7.85. The van der Waals surface area contributed by atoms with Gasteiger partial charge in [-0.25, -0.2) is 0 Å². The molecule has 3 heteroatoms. The summed E-state index contributed by atoms with van der Waals surface area (Å²) in [6, 6.07) is 7.84. The van der Waals surface area contributed by atoms with Gasteiger partial charge in [-0.1, -0.05) is 17.4 Å². The van der Waals surface area contributed by atoms with E-state index in [1.54, 1.807) is 7.11 Å². The van der Waals surface area contributed by atoms with Crippen molar-refractivity contribution < 1.29 is 9.30 Å². The molecule has 0 N–H and O–H groups in total. The molecule has 0 aliphatic heterocycles. The van der Waals surface area contributed by atoms with E-state index >= 15 is 0 Å². The molecule has 0 amide bonds. The smallest absolute Gasteiger partial charge is 0.380 e. The molecule has 2 saturated carbocycles. The Labute approximate surface area is 116 Å². The van der Waals surface area contributed by atoms with Crippen LogP contribution >= 0.6 is 7.80 Å². The lowest BCUT2D eigenvalue weighted by molar-refractivity contribution is 0.415. The van der Waals surface area contributed by atoms with Gasteiger partial charge in [0.25, 0.3) is 0 Å². The first-order valence-electron chi connectivity index (χ1n) is 7.40. The third kappa shape index (κ3) is 2.56. The van der Waals surface area contributed by atoms with E-state index in [0.29, 0.717) is 17.5 Å². The Hall–Kier alpha value is -0.880. The first kappa shape index (κ1) is 13.1. The van der Waals surface area contributed by atoms with Crippen molar-refractivity contribution in [1.29, 1.82) is 0 Å². The van der Waals surface area contributed by atoms with Gasteiger partial charge in [0, 0.05) is 11.8 Å². The summed E-state index contributed by atoms with van der Waals surface area (Å²) in [7, 11) is 0.417. The third-order valence-electron chi connectivity index (χ3n) is 4.87. The fourth-order valence-corrected chi connectivity index (χ4v) is 6.03. The van der Waals surface area contributed by atoms with E-state index in [1.165, 1.54) is 38.5 Å². The van der Waals surface area contributed by atoms with Crippen LogP contribution in [-0.2, 0) is 4.57 Å². The number of fused-ring (bicyclic) bond motifs is 2. The minimum Gasteiger partial charge on any atom is -0.497 e. The Morgan fingerprint density at radius 2 is 1.58 bits per heavy atom. The molecule has 0 saturated heterocycles. The van der Waals surface area contributed by atoms with Crippen LogP contribution in [0.15, 0.2) is 24.3 Å². The molecule has 2 aliphatic rings. The maximum Gasteiger partial charge on any atom is 0.380 e. The summed E-state index contributed by atoms with van der Waals surface area (Å²) in [4.78, 5) is 0. The first-order chi connectivity index (χ1) is 9.29. The highest BCUT2D eigenvalue weighted by Gasteiger charge is 2.49. The molecule has 1 aromatic rings. The van der Waals surface area contributed by atoms with Crippen LogP contribution in [0.3, 0.4) is 0 Å². The lowest BCUT2D eigenvalue weighted by Gasteiger charge is -2.11. The molecule has 2 aliphatic carbocycles. The molecule has 2 bridgehead atoms. The Kier molecular flexibility index (Phi) is 3.88. The normalized spacial score (nSPS) is 30.8. The minimum absolute atomic E-state index is 0.436. The molecule has 3 atom stereocenters. The van der Waals surface area contributed by atoms with Gasteiger partial charge in [-0.2, -0.15) is 0 Å². The molecule has 102 valence electrons. The van der Waals surface area contributed by atoms with Gasteiger partial charge in [-0.15, -0.1) is 0 Å². The molecule has 19 heavy (non-hydrogen) atoms. The van der Waals surface area contributed by atoms with Crippen LogP contribution in [0.25, 0.3) is 0 Å².